The van der Waals surface area contributed by atoms with Crippen LogP contribution in [0.1, 0.15) is 13.3 Å². The monoisotopic (exact) mass is 382 g/mol. The van der Waals surface area contributed by atoms with Gasteiger partial charge in [0.25, 0.3) is 0 Å². The van der Waals surface area contributed by atoms with Crippen molar-refractivity contribution in [1.82, 2.24) is 4.90 Å². The second-order valence-corrected chi connectivity index (χ2v) is 7.36. The van der Waals surface area contributed by atoms with Gasteiger partial charge in [-0.05, 0) is 24.5 Å². The van der Waals surface area contributed by atoms with E-state index >= 15 is 0 Å². The molecule has 28 heavy (non-hydrogen) atoms. The maximum absolute atomic E-state index is 12.8. The van der Waals surface area contributed by atoms with E-state index in [0.717, 1.165) is 16.4 Å². The maximum Gasteiger partial charge on any atom is 0.321 e. The van der Waals surface area contributed by atoms with E-state index in [0.29, 0.717) is 30.0 Å². The number of anilines is 1. The Morgan fingerprint density at radius 2 is 1.96 bits per heavy atom. The van der Waals surface area contributed by atoms with Gasteiger partial charge >= 0.3 is 12.0 Å². The van der Waals surface area contributed by atoms with Crippen LogP contribution in [0.4, 0.5) is 10.5 Å². The second-order valence-electron chi connectivity index (χ2n) is 7.36. The number of hydrogen-bond donors (Lipinski definition) is 2. The molecule has 1 saturated heterocycles. The summed E-state index contributed by atoms with van der Waals surface area (Å²) in [5, 5.41) is 14.1. The van der Waals surface area contributed by atoms with Crippen LogP contribution in [0.2, 0.25) is 0 Å². The maximum atomic E-state index is 12.8. The Morgan fingerprint density at radius 3 is 2.71 bits per heavy atom. The summed E-state index contributed by atoms with van der Waals surface area (Å²) in [6, 6.07) is 11.0. The lowest BCUT2D eigenvalue weighted by molar-refractivity contribution is -0.143. The van der Waals surface area contributed by atoms with E-state index in [2.05, 4.69) is 5.32 Å². The summed E-state index contributed by atoms with van der Waals surface area (Å²) in [5.41, 5.74) is 1.90. The SMILES string of the molecule is COc1cc2c(cc1NC(=O)N1CC(C)CC(C(=O)O)C1)oc1ccccc12. The van der Waals surface area contributed by atoms with Crippen LogP contribution in [0.5, 0.6) is 5.75 Å². The molecule has 1 aliphatic heterocycles. The van der Waals surface area contributed by atoms with E-state index < -0.39 is 11.9 Å². The fourth-order valence-electron chi connectivity index (χ4n) is 3.91. The summed E-state index contributed by atoms with van der Waals surface area (Å²) in [6.45, 7) is 2.67. The molecule has 2 aromatic carbocycles. The number of hydrogen-bond acceptors (Lipinski definition) is 4. The Hall–Kier alpha value is -3.22. The molecule has 1 aliphatic rings. The molecule has 2 atom stereocenters. The predicted molar refractivity (Wildman–Crippen MR) is 106 cm³/mol. The first kappa shape index (κ1) is 18.2. The molecule has 0 aliphatic carbocycles. The predicted octanol–water partition coefficient (Wildman–Crippen LogP) is 4.17. The molecule has 1 fully saturated rings. The number of furan rings is 1. The molecule has 2 N–H and O–H groups in total. The van der Waals surface area contributed by atoms with Crippen LogP contribution in [-0.2, 0) is 4.79 Å². The molecule has 0 saturated carbocycles. The van der Waals surface area contributed by atoms with Gasteiger partial charge in [0, 0.05) is 29.9 Å². The van der Waals surface area contributed by atoms with Gasteiger partial charge in [-0.25, -0.2) is 4.79 Å². The number of carbonyl (C=O) groups excluding carboxylic acids is 1. The van der Waals surface area contributed by atoms with Crippen molar-refractivity contribution < 1.29 is 23.8 Å². The van der Waals surface area contributed by atoms with E-state index in [1.807, 2.05) is 37.3 Å². The Bertz CT molecular complexity index is 1060. The number of carboxylic acids is 1. The number of aliphatic carboxylic acids is 1. The molecule has 7 heteroatoms. The van der Waals surface area contributed by atoms with Crippen LogP contribution in [0, 0.1) is 11.8 Å². The van der Waals surface area contributed by atoms with E-state index in [4.69, 9.17) is 9.15 Å². The van der Waals surface area contributed by atoms with Crippen LogP contribution >= 0.6 is 0 Å². The number of carbonyl (C=O) groups is 2. The zero-order valence-corrected chi connectivity index (χ0v) is 15.8. The van der Waals surface area contributed by atoms with Crippen molar-refractivity contribution in [1.29, 1.82) is 0 Å². The van der Waals surface area contributed by atoms with Gasteiger partial charge in [0.1, 0.15) is 16.9 Å². The topological polar surface area (TPSA) is 92.0 Å². The minimum absolute atomic E-state index is 0.125. The molecule has 0 bridgehead atoms. The van der Waals surface area contributed by atoms with Gasteiger partial charge in [-0.2, -0.15) is 0 Å². The average molecular weight is 382 g/mol. The molecule has 146 valence electrons. The normalized spacial score (nSPS) is 19.7. The Morgan fingerprint density at radius 1 is 1.18 bits per heavy atom. The number of nitrogens with zero attached hydrogens (tertiary/aromatic N) is 1. The Kier molecular flexibility index (Phi) is 4.58. The van der Waals surface area contributed by atoms with Gasteiger partial charge in [0.2, 0.25) is 0 Å². The molecule has 2 heterocycles. The summed E-state index contributed by atoms with van der Waals surface area (Å²) in [4.78, 5) is 25.7. The number of rotatable bonds is 3. The number of para-hydroxylation sites is 1. The van der Waals surface area contributed by atoms with Crippen LogP contribution in [-0.4, -0.2) is 42.2 Å². The molecule has 7 nitrogen and oxygen atoms in total. The van der Waals surface area contributed by atoms with Gasteiger partial charge in [-0.3, -0.25) is 4.79 Å². The largest absolute Gasteiger partial charge is 0.495 e. The lowest BCUT2D eigenvalue weighted by Gasteiger charge is -2.34. The number of likely N-dealkylation sites (tertiary alicyclic amines) is 1. The fraction of sp³-hybridized carbons (Fsp3) is 0.333. The van der Waals surface area contributed by atoms with Crippen molar-refractivity contribution in [2.75, 3.05) is 25.5 Å². The molecule has 1 aromatic heterocycles. The van der Waals surface area contributed by atoms with Crippen LogP contribution < -0.4 is 10.1 Å². The van der Waals surface area contributed by atoms with Crippen molar-refractivity contribution in [3.63, 3.8) is 0 Å². The van der Waals surface area contributed by atoms with Crippen LogP contribution in [0.25, 0.3) is 21.9 Å². The molecular formula is C21H22N2O5. The zero-order chi connectivity index (χ0) is 19.8. The quantitative estimate of drug-likeness (QED) is 0.709. The number of benzene rings is 2. The lowest BCUT2D eigenvalue weighted by atomic mass is 9.91. The van der Waals surface area contributed by atoms with E-state index in [9.17, 15) is 14.7 Å². The van der Waals surface area contributed by atoms with Crippen LogP contribution in [0.15, 0.2) is 40.8 Å². The summed E-state index contributed by atoms with van der Waals surface area (Å²) >= 11 is 0. The van der Waals surface area contributed by atoms with Gasteiger partial charge in [-0.15, -0.1) is 0 Å². The molecule has 2 unspecified atom stereocenters. The summed E-state index contributed by atoms with van der Waals surface area (Å²) in [6.07, 6.45) is 0.577. The third-order valence-corrected chi connectivity index (χ3v) is 5.24. The summed E-state index contributed by atoms with van der Waals surface area (Å²) in [7, 11) is 1.54. The van der Waals surface area contributed by atoms with E-state index in [-0.39, 0.29) is 18.5 Å². The fourth-order valence-corrected chi connectivity index (χ4v) is 3.91. The van der Waals surface area contributed by atoms with Gasteiger partial charge in [-0.1, -0.05) is 25.1 Å². The highest BCUT2D eigenvalue weighted by atomic mass is 16.5. The minimum atomic E-state index is -0.870. The first-order valence-corrected chi connectivity index (χ1v) is 9.24. The number of urea groups is 1. The standard InChI is InChI=1S/C21H22N2O5/c1-12-7-13(20(24)25)11-23(10-12)21(26)22-16-9-18-15(8-19(16)27-2)14-5-3-4-6-17(14)28-18/h3-6,8-9,12-13H,7,10-11H2,1-2H3,(H,22,26)(H,24,25). The first-order chi connectivity index (χ1) is 13.5. The number of piperidine rings is 1. The van der Waals surface area contributed by atoms with Crippen molar-refractivity contribution in [3.05, 3.63) is 36.4 Å². The van der Waals surface area contributed by atoms with Crippen molar-refractivity contribution >= 4 is 39.6 Å². The van der Waals surface area contributed by atoms with Crippen molar-refractivity contribution in [2.24, 2.45) is 11.8 Å². The third-order valence-electron chi connectivity index (χ3n) is 5.24. The molecule has 4 rings (SSSR count). The Labute approximate surface area is 161 Å². The summed E-state index contributed by atoms with van der Waals surface area (Å²) < 4.78 is 11.4. The molecule has 3 aromatic rings. The highest BCUT2D eigenvalue weighted by Crippen LogP contribution is 2.36. The van der Waals surface area contributed by atoms with Gasteiger partial charge in [0.15, 0.2) is 0 Å². The zero-order valence-electron chi connectivity index (χ0n) is 15.8. The van der Waals surface area contributed by atoms with Gasteiger partial charge < -0.3 is 24.5 Å². The first-order valence-electron chi connectivity index (χ1n) is 9.24. The van der Waals surface area contributed by atoms with Crippen molar-refractivity contribution in [2.45, 2.75) is 13.3 Å². The molecule has 0 spiro atoms. The van der Waals surface area contributed by atoms with Crippen LogP contribution in [0.3, 0.4) is 0 Å². The third kappa shape index (κ3) is 3.24. The number of ether oxygens (including phenoxy) is 1. The molecule has 0 radical (unpaired) electrons. The minimum Gasteiger partial charge on any atom is -0.495 e. The Balaban J connectivity index is 1.64. The molecular weight excluding hydrogens is 360 g/mol. The van der Waals surface area contributed by atoms with Crippen molar-refractivity contribution in [3.8, 4) is 5.75 Å². The summed E-state index contributed by atoms with van der Waals surface area (Å²) in [5.74, 6) is -0.771. The lowest BCUT2D eigenvalue weighted by Crippen LogP contribution is -2.47. The number of amides is 2. The highest BCUT2D eigenvalue weighted by Gasteiger charge is 2.32. The number of fused-ring (bicyclic) bond motifs is 3. The number of carboxylic acid groups (broad SMARTS) is 1. The number of methoxy groups -OCH3 is 1. The smallest absolute Gasteiger partial charge is 0.321 e. The molecule has 2 amide bonds. The van der Waals surface area contributed by atoms with E-state index in [1.54, 1.807) is 18.1 Å². The van der Waals surface area contributed by atoms with E-state index in [1.165, 1.54) is 0 Å². The van der Waals surface area contributed by atoms with Gasteiger partial charge in [0.05, 0.1) is 18.7 Å². The average Bonchev–Trinajstić information content (AvgIpc) is 3.04. The highest BCUT2D eigenvalue weighted by molar-refractivity contribution is 6.07. The second kappa shape index (κ2) is 7.07. The number of nitrogens with one attached hydrogen (secondary N) is 1.